The lowest BCUT2D eigenvalue weighted by Gasteiger charge is -2.06. The molecule has 0 saturated carbocycles. The molecule has 0 aliphatic carbocycles. The standard InChI is InChI=1S/C10H8N4/c1-2-4-9-8(3-1)11-7-12-10-5-6-13-14(9)10/h1-7H,(H,11,12). The Labute approximate surface area is 80.9 Å². The average molecular weight is 184 g/mol. The highest BCUT2D eigenvalue weighted by atomic mass is 15.3. The van der Waals surface area contributed by atoms with Crippen molar-refractivity contribution in [1.82, 2.24) is 9.78 Å². The summed E-state index contributed by atoms with van der Waals surface area (Å²) in [5, 5.41) is 7.33. The number of aromatic nitrogens is 2. The van der Waals surface area contributed by atoms with Crippen LogP contribution in [0.2, 0.25) is 0 Å². The van der Waals surface area contributed by atoms with E-state index < -0.39 is 0 Å². The van der Waals surface area contributed by atoms with E-state index in [0.29, 0.717) is 0 Å². The van der Waals surface area contributed by atoms with E-state index in [1.807, 2.05) is 35.0 Å². The van der Waals surface area contributed by atoms with E-state index in [-0.39, 0.29) is 0 Å². The molecule has 0 saturated heterocycles. The zero-order valence-corrected chi connectivity index (χ0v) is 7.38. The maximum Gasteiger partial charge on any atom is 0.157 e. The highest BCUT2D eigenvalue weighted by Gasteiger charge is 2.09. The van der Waals surface area contributed by atoms with Crippen LogP contribution in [0.4, 0.5) is 11.5 Å². The Kier molecular flexibility index (Phi) is 1.41. The number of para-hydroxylation sites is 2. The van der Waals surface area contributed by atoms with E-state index in [4.69, 9.17) is 0 Å². The minimum Gasteiger partial charge on any atom is -0.345 e. The molecule has 2 heterocycles. The molecule has 0 atom stereocenters. The fourth-order valence-electron chi connectivity index (χ4n) is 1.53. The van der Waals surface area contributed by atoms with Gasteiger partial charge in [0.25, 0.3) is 0 Å². The van der Waals surface area contributed by atoms with Crippen LogP contribution in [0.25, 0.3) is 5.69 Å². The number of nitrogens with one attached hydrogen (secondary N) is 1. The van der Waals surface area contributed by atoms with Crippen molar-refractivity contribution in [3.05, 3.63) is 36.5 Å². The van der Waals surface area contributed by atoms with Gasteiger partial charge in [-0.3, -0.25) is 0 Å². The second kappa shape index (κ2) is 2.70. The van der Waals surface area contributed by atoms with Crippen LogP contribution in [0, 0.1) is 0 Å². The van der Waals surface area contributed by atoms with Gasteiger partial charge in [-0.05, 0) is 12.1 Å². The Morgan fingerprint density at radius 3 is 3.07 bits per heavy atom. The molecule has 1 aromatic carbocycles. The van der Waals surface area contributed by atoms with E-state index in [0.717, 1.165) is 17.2 Å². The Bertz CT molecular complexity index is 498. The van der Waals surface area contributed by atoms with Crippen LogP contribution in [-0.4, -0.2) is 16.1 Å². The molecule has 2 aromatic rings. The van der Waals surface area contributed by atoms with Crippen molar-refractivity contribution in [3.8, 4) is 5.69 Å². The van der Waals surface area contributed by atoms with Crippen molar-refractivity contribution >= 4 is 17.8 Å². The number of hydrogen-bond acceptors (Lipinski definition) is 3. The highest BCUT2D eigenvalue weighted by Crippen LogP contribution is 2.25. The molecule has 1 aromatic heterocycles. The maximum absolute atomic E-state index is 4.23. The van der Waals surface area contributed by atoms with E-state index in [1.165, 1.54) is 0 Å². The lowest BCUT2D eigenvalue weighted by molar-refractivity contribution is 0.886. The van der Waals surface area contributed by atoms with Crippen molar-refractivity contribution < 1.29 is 0 Å². The molecule has 68 valence electrons. The molecule has 0 bridgehead atoms. The summed E-state index contributed by atoms with van der Waals surface area (Å²) in [6.45, 7) is 0. The van der Waals surface area contributed by atoms with Crippen molar-refractivity contribution in [2.45, 2.75) is 0 Å². The van der Waals surface area contributed by atoms with Gasteiger partial charge in [0.05, 0.1) is 23.9 Å². The smallest absolute Gasteiger partial charge is 0.157 e. The molecule has 0 radical (unpaired) electrons. The fraction of sp³-hybridized carbons (Fsp3) is 0. The summed E-state index contributed by atoms with van der Waals surface area (Å²) in [5.41, 5.74) is 2.03. The van der Waals surface area contributed by atoms with Gasteiger partial charge in [0.15, 0.2) is 5.82 Å². The van der Waals surface area contributed by atoms with Gasteiger partial charge >= 0.3 is 0 Å². The molecule has 0 fully saturated rings. The molecule has 1 aliphatic heterocycles. The largest absolute Gasteiger partial charge is 0.345 e. The second-order valence-corrected chi connectivity index (χ2v) is 3.02. The quantitative estimate of drug-likeness (QED) is 0.680. The Hall–Kier alpha value is -2.10. The summed E-state index contributed by atoms with van der Waals surface area (Å²) in [4.78, 5) is 4.23. The summed E-state index contributed by atoms with van der Waals surface area (Å²) >= 11 is 0. The van der Waals surface area contributed by atoms with E-state index in [9.17, 15) is 0 Å². The molecule has 0 unspecified atom stereocenters. The maximum atomic E-state index is 4.23. The first kappa shape index (κ1) is 7.32. The molecule has 0 amide bonds. The molecule has 14 heavy (non-hydrogen) atoms. The van der Waals surface area contributed by atoms with Gasteiger partial charge in [-0.15, -0.1) is 0 Å². The van der Waals surface area contributed by atoms with Gasteiger partial charge < -0.3 is 5.32 Å². The van der Waals surface area contributed by atoms with Crippen LogP contribution in [0.3, 0.4) is 0 Å². The molecule has 1 N–H and O–H groups in total. The van der Waals surface area contributed by atoms with E-state index >= 15 is 0 Å². The van der Waals surface area contributed by atoms with Gasteiger partial charge in [0.2, 0.25) is 0 Å². The first-order chi connectivity index (χ1) is 6.95. The van der Waals surface area contributed by atoms with Gasteiger partial charge in [0.1, 0.15) is 0 Å². The predicted octanol–water partition coefficient (Wildman–Crippen LogP) is 1.96. The molecular weight excluding hydrogens is 176 g/mol. The van der Waals surface area contributed by atoms with E-state index in [1.54, 1.807) is 12.5 Å². The van der Waals surface area contributed by atoms with E-state index in [2.05, 4.69) is 15.4 Å². The average Bonchev–Trinajstić information content (AvgIpc) is 2.61. The molecule has 3 rings (SSSR count). The third kappa shape index (κ3) is 0.939. The number of rotatable bonds is 0. The third-order valence-electron chi connectivity index (χ3n) is 2.17. The zero-order valence-electron chi connectivity index (χ0n) is 7.38. The molecule has 1 aliphatic rings. The van der Waals surface area contributed by atoms with Gasteiger partial charge in [-0.1, -0.05) is 12.1 Å². The summed E-state index contributed by atoms with van der Waals surface area (Å²) in [7, 11) is 0. The Morgan fingerprint density at radius 2 is 2.07 bits per heavy atom. The van der Waals surface area contributed by atoms with Crippen LogP contribution in [0.5, 0.6) is 0 Å². The first-order valence-electron chi connectivity index (χ1n) is 4.38. The van der Waals surface area contributed by atoms with Crippen molar-refractivity contribution in [2.24, 2.45) is 4.99 Å². The zero-order chi connectivity index (χ0) is 9.38. The summed E-state index contributed by atoms with van der Waals surface area (Å²) in [6.07, 6.45) is 3.42. The number of anilines is 1. The van der Waals surface area contributed by atoms with Gasteiger partial charge in [-0.2, -0.15) is 5.10 Å². The van der Waals surface area contributed by atoms with Crippen LogP contribution in [0.15, 0.2) is 41.5 Å². The SMILES string of the molecule is C1=Nc2ccnn2-c2ccccc2N1. The highest BCUT2D eigenvalue weighted by molar-refractivity contribution is 5.83. The number of hydrogen-bond donors (Lipinski definition) is 1. The van der Waals surface area contributed by atoms with Crippen LogP contribution in [0.1, 0.15) is 0 Å². The molecule has 4 nitrogen and oxygen atoms in total. The van der Waals surface area contributed by atoms with Crippen LogP contribution < -0.4 is 5.32 Å². The number of nitrogens with zero attached hydrogens (tertiary/aromatic N) is 3. The number of benzene rings is 1. The third-order valence-corrected chi connectivity index (χ3v) is 2.17. The molecule has 0 spiro atoms. The van der Waals surface area contributed by atoms with Crippen molar-refractivity contribution in [2.75, 3.05) is 5.32 Å². The second-order valence-electron chi connectivity index (χ2n) is 3.02. The van der Waals surface area contributed by atoms with Crippen molar-refractivity contribution in [1.29, 1.82) is 0 Å². The topological polar surface area (TPSA) is 42.2 Å². The fourth-order valence-corrected chi connectivity index (χ4v) is 1.53. The van der Waals surface area contributed by atoms with Gasteiger partial charge in [0, 0.05) is 6.07 Å². The van der Waals surface area contributed by atoms with Crippen LogP contribution >= 0.6 is 0 Å². The minimum atomic E-state index is 0.836. The lowest BCUT2D eigenvalue weighted by Crippen LogP contribution is -1.99. The molecule has 4 heteroatoms. The Morgan fingerprint density at radius 1 is 1.14 bits per heavy atom. The summed E-state index contributed by atoms with van der Waals surface area (Å²) < 4.78 is 1.81. The Balaban J connectivity index is 2.33. The number of fused-ring (bicyclic) bond motifs is 3. The van der Waals surface area contributed by atoms with Crippen LogP contribution in [-0.2, 0) is 0 Å². The lowest BCUT2D eigenvalue weighted by atomic mass is 10.2. The normalized spacial score (nSPS) is 12.6. The van der Waals surface area contributed by atoms with Gasteiger partial charge in [-0.25, -0.2) is 9.67 Å². The summed E-state index contributed by atoms with van der Waals surface area (Å²) in [5.74, 6) is 0.836. The summed E-state index contributed by atoms with van der Waals surface area (Å²) in [6, 6.07) is 9.84. The number of aliphatic imine (C=N–C) groups is 1. The van der Waals surface area contributed by atoms with Crippen molar-refractivity contribution in [3.63, 3.8) is 0 Å². The monoisotopic (exact) mass is 184 g/mol. The minimum absolute atomic E-state index is 0.836. The predicted molar refractivity (Wildman–Crippen MR) is 55.3 cm³/mol. The first-order valence-corrected chi connectivity index (χ1v) is 4.38. The molecular formula is C10H8N4.